The lowest BCUT2D eigenvalue weighted by molar-refractivity contribution is 0.409. The van der Waals surface area contributed by atoms with Crippen molar-refractivity contribution < 1.29 is 18.3 Å². The average Bonchev–Trinajstić information content (AvgIpc) is 2.83. The Hall–Kier alpha value is -4.13. The summed E-state index contributed by atoms with van der Waals surface area (Å²) in [7, 11) is -1.77. The lowest BCUT2D eigenvalue weighted by Gasteiger charge is -2.26. The standard InChI is InChI=1S/C25H22N4O4S/c1-33-24-16-20(30)11-13-23(24)29(19-8-4-3-5-9-19)25-21-15-18(7-6-14-28-34(2,31)32)10-12-22(21)26-17-27-25/h3-5,8-13,15-17,28,30H,14H2,1-2H3. The quantitative estimate of drug-likeness (QED) is 0.411. The van der Waals surface area contributed by atoms with Crippen molar-refractivity contribution in [3.63, 3.8) is 0 Å². The maximum absolute atomic E-state index is 11.3. The number of phenols is 1. The van der Waals surface area contributed by atoms with E-state index in [2.05, 4.69) is 26.5 Å². The lowest BCUT2D eigenvalue weighted by atomic mass is 10.1. The van der Waals surface area contributed by atoms with Crippen LogP contribution in [0.4, 0.5) is 17.2 Å². The second kappa shape index (κ2) is 9.79. The number of para-hydroxylation sites is 1. The van der Waals surface area contributed by atoms with Gasteiger partial charge in [0.25, 0.3) is 0 Å². The molecule has 0 saturated heterocycles. The number of sulfonamides is 1. The number of phenolic OH excluding ortho intramolecular Hbond substituents is 1. The molecule has 0 saturated carbocycles. The van der Waals surface area contributed by atoms with E-state index in [1.165, 1.54) is 13.4 Å². The molecule has 0 bridgehead atoms. The average molecular weight is 475 g/mol. The van der Waals surface area contributed by atoms with Crippen molar-refractivity contribution in [2.24, 2.45) is 0 Å². The van der Waals surface area contributed by atoms with Gasteiger partial charge in [0.15, 0.2) is 0 Å². The molecule has 2 N–H and O–H groups in total. The predicted octanol–water partition coefficient (Wildman–Crippen LogP) is 3.71. The van der Waals surface area contributed by atoms with Crippen LogP contribution in [0.15, 0.2) is 73.1 Å². The molecule has 0 unspecified atom stereocenters. The van der Waals surface area contributed by atoms with E-state index in [1.54, 1.807) is 18.2 Å². The van der Waals surface area contributed by atoms with Crippen molar-refractivity contribution in [1.29, 1.82) is 0 Å². The van der Waals surface area contributed by atoms with Gasteiger partial charge in [-0.15, -0.1) is 0 Å². The fraction of sp³-hybridized carbons (Fsp3) is 0.120. The summed E-state index contributed by atoms with van der Waals surface area (Å²) in [4.78, 5) is 10.9. The smallest absolute Gasteiger partial charge is 0.209 e. The topological polar surface area (TPSA) is 105 Å². The highest BCUT2D eigenvalue weighted by atomic mass is 32.2. The largest absolute Gasteiger partial charge is 0.508 e. The normalized spacial score (nSPS) is 11.0. The Labute approximate surface area is 197 Å². The van der Waals surface area contributed by atoms with E-state index < -0.39 is 10.0 Å². The SMILES string of the molecule is COc1cc(O)ccc1N(c1ccccc1)c1ncnc2ccc(C#CCNS(C)(=O)=O)cc12. The number of rotatable bonds is 6. The summed E-state index contributed by atoms with van der Waals surface area (Å²) in [6.07, 6.45) is 2.58. The molecule has 0 atom stereocenters. The van der Waals surface area contributed by atoms with Gasteiger partial charge in [-0.25, -0.2) is 23.1 Å². The number of nitrogens with one attached hydrogen (secondary N) is 1. The highest BCUT2D eigenvalue weighted by Crippen LogP contribution is 2.42. The maximum atomic E-state index is 11.3. The van der Waals surface area contributed by atoms with E-state index in [0.29, 0.717) is 28.3 Å². The zero-order chi connectivity index (χ0) is 24.1. The summed E-state index contributed by atoms with van der Waals surface area (Å²) in [5, 5.41) is 10.7. The molecule has 0 aliphatic rings. The molecule has 4 aromatic rings. The van der Waals surface area contributed by atoms with Crippen molar-refractivity contribution in [3.05, 3.63) is 78.6 Å². The molecular formula is C25H22N4O4S. The maximum Gasteiger partial charge on any atom is 0.209 e. The van der Waals surface area contributed by atoms with Gasteiger partial charge in [0.05, 0.1) is 31.1 Å². The molecular weight excluding hydrogens is 452 g/mol. The summed E-state index contributed by atoms with van der Waals surface area (Å²) in [6, 6.07) is 20.1. The first-order valence-corrected chi connectivity index (χ1v) is 12.2. The Balaban J connectivity index is 1.87. The van der Waals surface area contributed by atoms with Crippen molar-refractivity contribution in [1.82, 2.24) is 14.7 Å². The number of nitrogens with zero attached hydrogens (tertiary/aromatic N) is 3. The number of aromatic hydroxyl groups is 1. The molecule has 0 spiro atoms. The van der Waals surface area contributed by atoms with E-state index in [4.69, 9.17) is 4.74 Å². The van der Waals surface area contributed by atoms with Crippen LogP contribution in [0.25, 0.3) is 10.9 Å². The van der Waals surface area contributed by atoms with E-state index in [1.807, 2.05) is 53.4 Å². The Morgan fingerprint density at radius 3 is 2.59 bits per heavy atom. The fourth-order valence-electron chi connectivity index (χ4n) is 3.42. The predicted molar refractivity (Wildman–Crippen MR) is 132 cm³/mol. The minimum absolute atomic E-state index is 0.00979. The second-order valence-electron chi connectivity index (χ2n) is 7.35. The van der Waals surface area contributed by atoms with E-state index in [9.17, 15) is 13.5 Å². The number of fused-ring (bicyclic) bond motifs is 1. The first-order valence-electron chi connectivity index (χ1n) is 10.3. The van der Waals surface area contributed by atoms with Crippen molar-refractivity contribution >= 4 is 38.1 Å². The summed E-state index contributed by atoms with van der Waals surface area (Å²) in [5.74, 6) is 6.94. The van der Waals surface area contributed by atoms with Crippen LogP contribution < -0.4 is 14.4 Å². The third-order valence-electron chi connectivity index (χ3n) is 4.90. The third kappa shape index (κ3) is 5.26. The molecule has 34 heavy (non-hydrogen) atoms. The van der Waals surface area contributed by atoms with Gasteiger partial charge in [0.1, 0.15) is 23.6 Å². The van der Waals surface area contributed by atoms with Gasteiger partial charge in [0, 0.05) is 22.7 Å². The van der Waals surface area contributed by atoms with Crippen LogP contribution in [0.3, 0.4) is 0 Å². The van der Waals surface area contributed by atoms with E-state index >= 15 is 0 Å². The highest BCUT2D eigenvalue weighted by Gasteiger charge is 2.21. The van der Waals surface area contributed by atoms with Crippen molar-refractivity contribution in [3.8, 4) is 23.3 Å². The summed E-state index contributed by atoms with van der Waals surface area (Å²) >= 11 is 0. The number of hydrogen-bond acceptors (Lipinski definition) is 7. The molecule has 0 fully saturated rings. The molecule has 8 nitrogen and oxygen atoms in total. The number of hydrogen-bond donors (Lipinski definition) is 2. The number of benzene rings is 3. The van der Waals surface area contributed by atoms with Gasteiger partial charge in [-0.05, 0) is 42.5 Å². The van der Waals surface area contributed by atoms with Gasteiger partial charge < -0.3 is 9.84 Å². The molecule has 1 heterocycles. The molecule has 0 radical (unpaired) electrons. The highest BCUT2D eigenvalue weighted by molar-refractivity contribution is 7.88. The van der Waals surface area contributed by atoms with Crippen LogP contribution in [0, 0.1) is 11.8 Å². The van der Waals surface area contributed by atoms with Gasteiger partial charge in [0.2, 0.25) is 10.0 Å². The Bertz CT molecular complexity index is 1500. The minimum atomic E-state index is -3.31. The molecule has 172 valence electrons. The summed E-state index contributed by atoms with van der Waals surface area (Å²) < 4.78 is 30.4. The van der Waals surface area contributed by atoms with Crippen molar-refractivity contribution in [2.75, 3.05) is 24.8 Å². The zero-order valence-corrected chi connectivity index (χ0v) is 19.4. The van der Waals surface area contributed by atoms with Crippen LogP contribution in [0.1, 0.15) is 5.56 Å². The van der Waals surface area contributed by atoms with E-state index in [-0.39, 0.29) is 12.3 Å². The Kier molecular flexibility index (Phi) is 6.63. The van der Waals surface area contributed by atoms with Crippen LogP contribution in [-0.2, 0) is 10.0 Å². The minimum Gasteiger partial charge on any atom is -0.508 e. The van der Waals surface area contributed by atoms with Crippen LogP contribution >= 0.6 is 0 Å². The van der Waals surface area contributed by atoms with Gasteiger partial charge >= 0.3 is 0 Å². The molecule has 0 aliphatic carbocycles. The Morgan fingerprint density at radius 1 is 1.06 bits per heavy atom. The van der Waals surface area contributed by atoms with Gasteiger partial charge in [-0.3, -0.25) is 4.90 Å². The van der Waals surface area contributed by atoms with Gasteiger partial charge in [-0.2, -0.15) is 0 Å². The summed E-state index contributed by atoms with van der Waals surface area (Å²) in [5.41, 5.74) is 2.91. The molecule has 0 amide bonds. The van der Waals surface area contributed by atoms with Gasteiger partial charge in [-0.1, -0.05) is 30.0 Å². The molecule has 3 aromatic carbocycles. The second-order valence-corrected chi connectivity index (χ2v) is 9.18. The number of aromatic nitrogens is 2. The molecule has 1 aromatic heterocycles. The number of methoxy groups -OCH3 is 1. The number of ether oxygens (including phenoxy) is 1. The molecule has 4 rings (SSSR count). The monoisotopic (exact) mass is 474 g/mol. The van der Waals surface area contributed by atoms with E-state index in [0.717, 1.165) is 17.3 Å². The lowest BCUT2D eigenvalue weighted by Crippen LogP contribution is -2.21. The fourth-order valence-corrected chi connectivity index (χ4v) is 3.75. The molecule has 9 heteroatoms. The molecule has 0 aliphatic heterocycles. The first-order chi connectivity index (χ1) is 16.4. The van der Waals surface area contributed by atoms with Crippen LogP contribution in [0.2, 0.25) is 0 Å². The van der Waals surface area contributed by atoms with Crippen LogP contribution in [0.5, 0.6) is 11.5 Å². The third-order valence-corrected chi connectivity index (χ3v) is 5.57. The Morgan fingerprint density at radius 2 is 1.85 bits per heavy atom. The summed E-state index contributed by atoms with van der Waals surface area (Å²) in [6.45, 7) is 0.00979. The first kappa shape index (κ1) is 23.0. The number of anilines is 3. The van der Waals surface area contributed by atoms with Crippen molar-refractivity contribution in [2.45, 2.75) is 0 Å². The zero-order valence-electron chi connectivity index (χ0n) is 18.6. The van der Waals surface area contributed by atoms with Crippen LogP contribution in [-0.4, -0.2) is 43.4 Å².